The van der Waals surface area contributed by atoms with Crippen LogP contribution >= 0.6 is 0 Å². The number of nitrogens with zero attached hydrogens (tertiary/aromatic N) is 1. The molecule has 0 fully saturated rings. The molecule has 0 aliphatic rings. The molecule has 1 aromatic carbocycles. The van der Waals surface area contributed by atoms with Crippen LogP contribution in [0.5, 0.6) is 5.75 Å². The molecule has 1 aromatic heterocycles. The summed E-state index contributed by atoms with van der Waals surface area (Å²) in [5.74, 6) is 1.04. The molecule has 2 aromatic rings. The molecule has 0 aliphatic carbocycles. The summed E-state index contributed by atoms with van der Waals surface area (Å²) in [4.78, 5) is 0. The maximum Gasteiger partial charge on any atom is 0.174 e. The van der Waals surface area contributed by atoms with Crippen LogP contribution in [0.1, 0.15) is 17.0 Å². The summed E-state index contributed by atoms with van der Waals surface area (Å²) in [6.07, 6.45) is 0. The fourth-order valence-electron chi connectivity index (χ4n) is 1.35. The first-order valence-electron chi connectivity index (χ1n) is 4.96. The first kappa shape index (κ1) is 10.7. The molecule has 0 N–H and O–H groups in total. The third-order valence-electron chi connectivity index (χ3n) is 2.19. The van der Waals surface area contributed by atoms with Crippen molar-refractivity contribution in [2.45, 2.75) is 20.5 Å². The second-order valence-corrected chi connectivity index (χ2v) is 3.63. The Morgan fingerprint density at radius 1 is 1.31 bits per heavy atom. The van der Waals surface area contributed by atoms with Crippen LogP contribution < -0.4 is 4.74 Å². The minimum Gasteiger partial charge on any atom is -0.486 e. The topological polar surface area (TPSA) is 35.3 Å². The SMILES string of the molecule is Cc1cc(COc2ccc(F)c(C)c2)on1. The summed E-state index contributed by atoms with van der Waals surface area (Å²) in [6.45, 7) is 3.84. The van der Waals surface area contributed by atoms with Gasteiger partial charge in [0, 0.05) is 6.07 Å². The molecule has 3 nitrogen and oxygen atoms in total. The second kappa shape index (κ2) is 4.35. The molecule has 2 rings (SSSR count). The summed E-state index contributed by atoms with van der Waals surface area (Å²) in [5.41, 5.74) is 1.38. The molecule has 0 bridgehead atoms. The zero-order chi connectivity index (χ0) is 11.5. The van der Waals surface area contributed by atoms with Crippen LogP contribution in [0.4, 0.5) is 4.39 Å². The van der Waals surface area contributed by atoms with Crippen LogP contribution in [0.15, 0.2) is 28.8 Å². The van der Waals surface area contributed by atoms with Gasteiger partial charge in [-0.25, -0.2) is 4.39 Å². The number of hydrogen-bond donors (Lipinski definition) is 0. The Kier molecular flexibility index (Phi) is 2.90. The van der Waals surface area contributed by atoms with Crippen LogP contribution in [-0.4, -0.2) is 5.16 Å². The van der Waals surface area contributed by atoms with E-state index < -0.39 is 0 Å². The summed E-state index contributed by atoms with van der Waals surface area (Å²) in [5, 5.41) is 3.75. The van der Waals surface area contributed by atoms with E-state index in [1.54, 1.807) is 25.1 Å². The minimum absolute atomic E-state index is 0.233. The van der Waals surface area contributed by atoms with Crippen molar-refractivity contribution < 1.29 is 13.7 Å². The molecule has 0 unspecified atom stereocenters. The number of halogens is 1. The number of benzene rings is 1. The largest absolute Gasteiger partial charge is 0.486 e. The van der Waals surface area contributed by atoms with Gasteiger partial charge in [0.1, 0.15) is 18.2 Å². The Balaban J connectivity index is 2.02. The number of rotatable bonds is 3. The van der Waals surface area contributed by atoms with Crippen molar-refractivity contribution in [1.29, 1.82) is 0 Å². The minimum atomic E-state index is -0.233. The lowest BCUT2D eigenvalue weighted by Crippen LogP contribution is -1.94. The average molecular weight is 221 g/mol. The molecule has 0 saturated carbocycles. The van der Waals surface area contributed by atoms with E-state index in [0.717, 1.165) is 5.69 Å². The highest BCUT2D eigenvalue weighted by atomic mass is 19.1. The summed E-state index contributed by atoms with van der Waals surface area (Å²) in [6, 6.07) is 6.43. The highest BCUT2D eigenvalue weighted by Crippen LogP contribution is 2.17. The third kappa shape index (κ3) is 2.39. The average Bonchev–Trinajstić information content (AvgIpc) is 2.66. The predicted molar refractivity (Wildman–Crippen MR) is 56.7 cm³/mol. The van der Waals surface area contributed by atoms with Crippen molar-refractivity contribution in [3.8, 4) is 5.75 Å². The lowest BCUT2D eigenvalue weighted by Gasteiger charge is -2.04. The van der Waals surface area contributed by atoms with Gasteiger partial charge in [-0.2, -0.15) is 0 Å². The van der Waals surface area contributed by atoms with Gasteiger partial charge in [-0.15, -0.1) is 0 Å². The molecule has 16 heavy (non-hydrogen) atoms. The molecule has 0 aliphatic heterocycles. The molecular formula is C12H12FNO2. The first-order chi connectivity index (χ1) is 7.65. The molecule has 1 heterocycles. The highest BCUT2D eigenvalue weighted by molar-refractivity contribution is 5.28. The van der Waals surface area contributed by atoms with E-state index in [9.17, 15) is 4.39 Å². The number of aryl methyl sites for hydroxylation is 2. The van der Waals surface area contributed by atoms with Gasteiger partial charge < -0.3 is 9.26 Å². The van der Waals surface area contributed by atoms with Gasteiger partial charge in [-0.05, 0) is 37.6 Å². The molecule has 0 atom stereocenters. The Morgan fingerprint density at radius 2 is 2.12 bits per heavy atom. The van der Waals surface area contributed by atoms with Gasteiger partial charge in [0.2, 0.25) is 0 Å². The molecule has 0 saturated heterocycles. The van der Waals surface area contributed by atoms with E-state index in [4.69, 9.17) is 9.26 Å². The van der Waals surface area contributed by atoms with E-state index in [1.807, 2.05) is 6.92 Å². The van der Waals surface area contributed by atoms with Crippen molar-refractivity contribution in [1.82, 2.24) is 5.16 Å². The first-order valence-corrected chi connectivity index (χ1v) is 4.96. The third-order valence-corrected chi connectivity index (χ3v) is 2.19. The lowest BCUT2D eigenvalue weighted by molar-refractivity contribution is 0.248. The quantitative estimate of drug-likeness (QED) is 0.799. The summed E-state index contributed by atoms with van der Waals surface area (Å²) >= 11 is 0. The van der Waals surface area contributed by atoms with Crippen molar-refractivity contribution in [3.05, 3.63) is 47.1 Å². The van der Waals surface area contributed by atoms with Gasteiger partial charge in [-0.3, -0.25) is 0 Å². The highest BCUT2D eigenvalue weighted by Gasteiger charge is 2.03. The van der Waals surface area contributed by atoms with Gasteiger partial charge in [-0.1, -0.05) is 5.16 Å². The number of aromatic nitrogens is 1. The second-order valence-electron chi connectivity index (χ2n) is 3.63. The van der Waals surface area contributed by atoms with Crippen LogP contribution in [0.3, 0.4) is 0 Å². The van der Waals surface area contributed by atoms with E-state index >= 15 is 0 Å². The van der Waals surface area contributed by atoms with Gasteiger partial charge in [0.05, 0.1) is 5.69 Å². The normalized spacial score (nSPS) is 10.4. The van der Waals surface area contributed by atoms with Crippen LogP contribution in [0.25, 0.3) is 0 Å². The van der Waals surface area contributed by atoms with Crippen LogP contribution in [0.2, 0.25) is 0 Å². The lowest BCUT2D eigenvalue weighted by atomic mass is 10.2. The van der Waals surface area contributed by atoms with E-state index in [-0.39, 0.29) is 5.82 Å². The summed E-state index contributed by atoms with van der Waals surface area (Å²) < 4.78 is 23.4. The van der Waals surface area contributed by atoms with Crippen molar-refractivity contribution in [2.75, 3.05) is 0 Å². The Bertz CT molecular complexity index is 494. The Morgan fingerprint density at radius 3 is 2.75 bits per heavy atom. The molecule has 84 valence electrons. The van der Waals surface area contributed by atoms with Crippen molar-refractivity contribution in [3.63, 3.8) is 0 Å². The van der Waals surface area contributed by atoms with Crippen LogP contribution in [-0.2, 0) is 6.61 Å². The monoisotopic (exact) mass is 221 g/mol. The smallest absolute Gasteiger partial charge is 0.174 e. The van der Waals surface area contributed by atoms with E-state index in [2.05, 4.69) is 5.16 Å². The number of hydrogen-bond acceptors (Lipinski definition) is 3. The maximum absolute atomic E-state index is 13.0. The van der Waals surface area contributed by atoms with E-state index in [0.29, 0.717) is 23.7 Å². The summed E-state index contributed by atoms with van der Waals surface area (Å²) in [7, 11) is 0. The fourth-order valence-corrected chi connectivity index (χ4v) is 1.35. The van der Waals surface area contributed by atoms with Crippen molar-refractivity contribution >= 4 is 0 Å². The molecule has 0 amide bonds. The standard InChI is InChI=1S/C12H12FNO2/c1-8-5-10(3-4-12(8)13)15-7-11-6-9(2)14-16-11/h3-6H,7H2,1-2H3. The van der Waals surface area contributed by atoms with Gasteiger partial charge in [0.15, 0.2) is 5.76 Å². The predicted octanol–water partition coefficient (Wildman–Crippen LogP) is 3.01. The zero-order valence-electron chi connectivity index (χ0n) is 9.16. The van der Waals surface area contributed by atoms with E-state index in [1.165, 1.54) is 6.07 Å². The maximum atomic E-state index is 13.0. The zero-order valence-corrected chi connectivity index (χ0v) is 9.16. The Hall–Kier alpha value is -1.84. The molecule has 0 radical (unpaired) electrons. The molecule has 0 spiro atoms. The number of ether oxygens (including phenoxy) is 1. The van der Waals surface area contributed by atoms with Crippen molar-refractivity contribution in [2.24, 2.45) is 0 Å². The molecular weight excluding hydrogens is 209 g/mol. The van der Waals surface area contributed by atoms with Gasteiger partial charge in [0.25, 0.3) is 0 Å². The molecule has 4 heteroatoms. The fraction of sp³-hybridized carbons (Fsp3) is 0.250. The van der Waals surface area contributed by atoms with Crippen LogP contribution in [0, 0.1) is 19.7 Å². The Labute approximate surface area is 92.8 Å². The van der Waals surface area contributed by atoms with Gasteiger partial charge >= 0.3 is 0 Å².